The molecule has 1 aromatic rings. The van der Waals surface area contributed by atoms with Gasteiger partial charge in [-0.3, -0.25) is 4.79 Å². The summed E-state index contributed by atoms with van der Waals surface area (Å²) in [6.07, 6.45) is 5.31. The number of hydrogen-bond acceptors (Lipinski definition) is 3. The zero-order chi connectivity index (χ0) is 15.6. The molecule has 0 radical (unpaired) electrons. The quantitative estimate of drug-likeness (QED) is 0.840. The van der Waals surface area contributed by atoms with Gasteiger partial charge in [0.25, 0.3) is 0 Å². The van der Waals surface area contributed by atoms with Crippen LogP contribution in [-0.2, 0) is 17.6 Å². The van der Waals surface area contributed by atoms with Gasteiger partial charge in [-0.25, -0.2) is 4.98 Å². The number of primary amides is 1. The van der Waals surface area contributed by atoms with E-state index in [-0.39, 0.29) is 11.9 Å². The highest BCUT2D eigenvalue weighted by Gasteiger charge is 2.33. The van der Waals surface area contributed by atoms with Crippen LogP contribution in [-0.4, -0.2) is 27.5 Å². The predicted octanol–water partition coefficient (Wildman–Crippen LogP) is 1.87. The van der Waals surface area contributed by atoms with Gasteiger partial charge >= 0.3 is 0 Å². The van der Waals surface area contributed by atoms with E-state index >= 15 is 0 Å². The molecular weight excluding hydrogens is 264 g/mol. The zero-order valence-electron chi connectivity index (χ0n) is 13.7. The van der Waals surface area contributed by atoms with E-state index in [4.69, 9.17) is 10.7 Å². The van der Waals surface area contributed by atoms with Crippen molar-refractivity contribution in [1.29, 1.82) is 0 Å². The molecule has 0 saturated heterocycles. The number of aryl methyl sites for hydroxylation is 2. The number of imidazole rings is 1. The Bertz CT molecular complexity index is 523. The van der Waals surface area contributed by atoms with Crippen molar-refractivity contribution in [2.75, 3.05) is 6.54 Å². The van der Waals surface area contributed by atoms with Crippen molar-refractivity contribution < 1.29 is 4.79 Å². The first-order valence-corrected chi connectivity index (χ1v) is 8.00. The van der Waals surface area contributed by atoms with E-state index in [1.807, 2.05) is 13.8 Å². The second-order valence-corrected chi connectivity index (χ2v) is 6.41. The number of hydrogen-bond donors (Lipinski definition) is 2. The van der Waals surface area contributed by atoms with Crippen molar-refractivity contribution in [3.05, 3.63) is 17.2 Å². The number of carbonyl (C=O) groups is 1. The molecule has 1 aromatic heterocycles. The van der Waals surface area contributed by atoms with Crippen LogP contribution in [0.2, 0.25) is 0 Å². The lowest BCUT2D eigenvalue weighted by molar-refractivity contribution is -0.124. The molecule has 0 fully saturated rings. The maximum absolute atomic E-state index is 11.8. The van der Waals surface area contributed by atoms with Crippen LogP contribution in [0.3, 0.4) is 0 Å². The molecule has 0 spiro atoms. The van der Waals surface area contributed by atoms with Crippen LogP contribution in [0.4, 0.5) is 0 Å². The summed E-state index contributed by atoms with van der Waals surface area (Å²) in [6.45, 7) is 8.84. The summed E-state index contributed by atoms with van der Waals surface area (Å²) >= 11 is 0. The van der Waals surface area contributed by atoms with E-state index in [1.54, 1.807) is 0 Å². The third-order valence-electron chi connectivity index (χ3n) is 4.60. The molecule has 1 aliphatic carbocycles. The zero-order valence-corrected chi connectivity index (χ0v) is 13.7. The van der Waals surface area contributed by atoms with Crippen LogP contribution >= 0.6 is 0 Å². The maximum atomic E-state index is 11.8. The normalized spacial score (nSPS) is 18.9. The van der Waals surface area contributed by atoms with Crippen molar-refractivity contribution in [2.45, 2.75) is 71.4 Å². The van der Waals surface area contributed by atoms with Crippen LogP contribution in [0.1, 0.15) is 63.3 Å². The summed E-state index contributed by atoms with van der Waals surface area (Å²) in [5.41, 5.74) is 7.54. The number of nitrogens with one attached hydrogen (secondary N) is 1. The Morgan fingerprint density at radius 2 is 2.14 bits per heavy atom. The molecule has 118 valence electrons. The van der Waals surface area contributed by atoms with Gasteiger partial charge in [0.1, 0.15) is 5.82 Å². The Balaban J connectivity index is 2.26. The van der Waals surface area contributed by atoms with Gasteiger partial charge in [-0.1, -0.05) is 6.92 Å². The summed E-state index contributed by atoms with van der Waals surface area (Å²) in [5, 5.41) is 3.24. The number of fused-ring (bicyclic) bond motifs is 1. The van der Waals surface area contributed by atoms with Gasteiger partial charge in [-0.2, -0.15) is 0 Å². The number of nitrogens with zero attached hydrogens (tertiary/aromatic N) is 2. The Labute approximate surface area is 127 Å². The van der Waals surface area contributed by atoms with Crippen LogP contribution in [0.15, 0.2) is 0 Å². The number of likely N-dealkylation sites (N-methyl/N-ethyl adjacent to an activating group) is 1. The molecule has 0 bridgehead atoms. The number of aromatic nitrogens is 2. The summed E-state index contributed by atoms with van der Waals surface area (Å²) < 4.78 is 2.31. The number of carbonyl (C=O) groups excluding carboxylic acids is 1. The smallest absolute Gasteiger partial charge is 0.237 e. The average Bonchev–Trinajstić information content (AvgIpc) is 2.74. The third-order valence-corrected chi connectivity index (χ3v) is 4.60. The van der Waals surface area contributed by atoms with E-state index in [0.717, 1.165) is 25.2 Å². The minimum atomic E-state index is -0.674. The molecule has 0 saturated carbocycles. The summed E-state index contributed by atoms with van der Waals surface area (Å²) in [7, 11) is 0. The van der Waals surface area contributed by atoms with Gasteiger partial charge < -0.3 is 15.6 Å². The van der Waals surface area contributed by atoms with Gasteiger partial charge in [-0.05, 0) is 59.4 Å². The highest BCUT2D eigenvalue weighted by molar-refractivity contribution is 5.84. The van der Waals surface area contributed by atoms with E-state index < -0.39 is 5.54 Å². The SMILES string of the molecule is CCNC(C)(CC(C)n1c(C)nc2c1CCCC2)C(N)=O. The van der Waals surface area contributed by atoms with E-state index in [1.165, 1.54) is 24.2 Å². The highest BCUT2D eigenvalue weighted by Crippen LogP contribution is 2.29. The first-order chi connectivity index (χ1) is 9.89. The van der Waals surface area contributed by atoms with Gasteiger partial charge in [0, 0.05) is 11.7 Å². The van der Waals surface area contributed by atoms with Crippen molar-refractivity contribution in [1.82, 2.24) is 14.9 Å². The topological polar surface area (TPSA) is 72.9 Å². The Kier molecular flexibility index (Phi) is 4.71. The first kappa shape index (κ1) is 16.0. The van der Waals surface area contributed by atoms with Crippen molar-refractivity contribution in [3.63, 3.8) is 0 Å². The summed E-state index contributed by atoms with van der Waals surface area (Å²) in [6, 6.07) is 0.205. The average molecular weight is 292 g/mol. The molecule has 5 nitrogen and oxygen atoms in total. The minimum Gasteiger partial charge on any atom is -0.368 e. The van der Waals surface area contributed by atoms with Crippen molar-refractivity contribution in [2.24, 2.45) is 5.73 Å². The van der Waals surface area contributed by atoms with Crippen LogP contribution in [0.25, 0.3) is 0 Å². The van der Waals surface area contributed by atoms with Crippen LogP contribution in [0.5, 0.6) is 0 Å². The molecule has 3 N–H and O–H groups in total. The second kappa shape index (κ2) is 6.18. The number of amides is 1. The van der Waals surface area contributed by atoms with Crippen molar-refractivity contribution >= 4 is 5.91 Å². The minimum absolute atomic E-state index is 0.205. The Hall–Kier alpha value is -1.36. The van der Waals surface area contributed by atoms with E-state index in [9.17, 15) is 4.79 Å². The van der Waals surface area contributed by atoms with Crippen molar-refractivity contribution in [3.8, 4) is 0 Å². The lowest BCUT2D eigenvalue weighted by Gasteiger charge is -2.32. The lowest BCUT2D eigenvalue weighted by Crippen LogP contribution is -2.54. The molecular formula is C16H28N4O. The number of nitrogens with two attached hydrogens (primary N) is 1. The van der Waals surface area contributed by atoms with E-state index in [2.05, 4.69) is 23.7 Å². The first-order valence-electron chi connectivity index (χ1n) is 8.00. The molecule has 1 amide bonds. The molecule has 0 aromatic carbocycles. The molecule has 1 aliphatic rings. The van der Waals surface area contributed by atoms with Gasteiger partial charge in [-0.15, -0.1) is 0 Å². The molecule has 21 heavy (non-hydrogen) atoms. The summed E-state index contributed by atoms with van der Waals surface area (Å²) in [4.78, 5) is 16.5. The predicted molar refractivity (Wildman–Crippen MR) is 84.2 cm³/mol. The standard InChI is InChI=1S/C16H28N4O/c1-5-18-16(4,15(17)21)10-11(2)20-12(3)19-13-8-6-7-9-14(13)20/h11,18H,5-10H2,1-4H3,(H2,17,21). The fraction of sp³-hybridized carbons (Fsp3) is 0.750. The Morgan fingerprint density at radius 1 is 1.48 bits per heavy atom. The largest absolute Gasteiger partial charge is 0.368 e. The van der Waals surface area contributed by atoms with Gasteiger partial charge in [0.15, 0.2) is 0 Å². The van der Waals surface area contributed by atoms with Crippen LogP contribution in [0, 0.1) is 6.92 Å². The molecule has 5 heteroatoms. The second-order valence-electron chi connectivity index (χ2n) is 6.41. The van der Waals surface area contributed by atoms with Gasteiger partial charge in [0.05, 0.1) is 11.2 Å². The molecule has 2 rings (SSSR count). The number of rotatable bonds is 6. The fourth-order valence-electron chi connectivity index (χ4n) is 3.62. The Morgan fingerprint density at radius 3 is 2.76 bits per heavy atom. The summed E-state index contributed by atoms with van der Waals surface area (Å²) in [5.74, 6) is 0.764. The monoisotopic (exact) mass is 292 g/mol. The van der Waals surface area contributed by atoms with Gasteiger partial charge in [0.2, 0.25) is 5.91 Å². The fourth-order valence-corrected chi connectivity index (χ4v) is 3.62. The maximum Gasteiger partial charge on any atom is 0.237 e. The molecule has 1 heterocycles. The third kappa shape index (κ3) is 3.12. The molecule has 0 aliphatic heterocycles. The van der Waals surface area contributed by atoms with Crippen LogP contribution < -0.4 is 11.1 Å². The lowest BCUT2D eigenvalue weighted by atomic mass is 9.92. The molecule has 2 atom stereocenters. The molecule has 2 unspecified atom stereocenters. The van der Waals surface area contributed by atoms with E-state index in [0.29, 0.717) is 6.42 Å². The highest BCUT2D eigenvalue weighted by atomic mass is 16.1.